The minimum Gasteiger partial charge on any atom is -0.348 e. The van der Waals surface area contributed by atoms with E-state index in [-0.39, 0.29) is 11.7 Å². The van der Waals surface area contributed by atoms with Gasteiger partial charge in [0, 0.05) is 22.5 Å². The molecule has 0 spiro atoms. The van der Waals surface area contributed by atoms with Crippen molar-refractivity contribution in [2.24, 2.45) is 0 Å². The molecule has 0 saturated carbocycles. The normalized spacial score (nSPS) is 10.1. The van der Waals surface area contributed by atoms with E-state index in [4.69, 9.17) is 0 Å². The van der Waals surface area contributed by atoms with Crippen LogP contribution in [0.5, 0.6) is 0 Å². The van der Waals surface area contributed by atoms with Gasteiger partial charge in [-0.1, -0.05) is 0 Å². The summed E-state index contributed by atoms with van der Waals surface area (Å²) in [6.07, 6.45) is 3.34. The van der Waals surface area contributed by atoms with Crippen molar-refractivity contribution >= 4 is 28.5 Å². The van der Waals surface area contributed by atoms with Crippen LogP contribution in [0.15, 0.2) is 42.7 Å². The molecular weight excluding hydrogens is 346 g/mol. The monoisotopic (exact) mass is 356 g/mol. The van der Waals surface area contributed by atoms with Crippen molar-refractivity contribution in [2.75, 3.05) is 0 Å². The molecule has 0 saturated heterocycles. The Balaban J connectivity index is 2.04. The quantitative estimate of drug-likeness (QED) is 0.860. The average Bonchev–Trinajstić information content (AvgIpc) is 2.37. The van der Waals surface area contributed by atoms with Gasteiger partial charge in [0.25, 0.3) is 5.91 Å². The lowest BCUT2D eigenvalue weighted by atomic mass is 10.2. The van der Waals surface area contributed by atoms with E-state index in [0.29, 0.717) is 15.7 Å². The number of benzene rings is 1. The van der Waals surface area contributed by atoms with E-state index in [1.807, 2.05) is 34.7 Å². The lowest BCUT2D eigenvalue weighted by Gasteiger charge is -2.06. The van der Waals surface area contributed by atoms with Gasteiger partial charge in [0.1, 0.15) is 5.82 Å². The standard InChI is InChI=1S/C13H10FIN2O/c14-10-1-2-11(12(15)7-10)13(18)17-8-9-3-5-16-6-4-9/h1-7H,8H2,(H,17,18). The van der Waals surface area contributed by atoms with Crippen molar-refractivity contribution in [3.63, 3.8) is 0 Å². The van der Waals surface area contributed by atoms with Crippen LogP contribution in [0.1, 0.15) is 15.9 Å². The van der Waals surface area contributed by atoms with Crippen LogP contribution in [0.4, 0.5) is 4.39 Å². The number of pyridine rings is 1. The highest BCUT2D eigenvalue weighted by atomic mass is 127. The van der Waals surface area contributed by atoms with E-state index in [2.05, 4.69) is 10.3 Å². The third-order valence-corrected chi connectivity index (χ3v) is 3.27. The molecule has 1 amide bonds. The summed E-state index contributed by atoms with van der Waals surface area (Å²) in [5.74, 6) is -0.554. The maximum atomic E-state index is 12.9. The first-order valence-electron chi connectivity index (χ1n) is 5.29. The first-order chi connectivity index (χ1) is 8.66. The van der Waals surface area contributed by atoms with Crippen LogP contribution in [-0.2, 0) is 6.54 Å². The van der Waals surface area contributed by atoms with Gasteiger partial charge in [-0.05, 0) is 58.5 Å². The maximum absolute atomic E-state index is 12.9. The number of nitrogens with one attached hydrogen (secondary N) is 1. The van der Waals surface area contributed by atoms with Gasteiger partial charge in [-0.2, -0.15) is 0 Å². The topological polar surface area (TPSA) is 42.0 Å². The van der Waals surface area contributed by atoms with Crippen molar-refractivity contribution in [1.29, 1.82) is 0 Å². The summed E-state index contributed by atoms with van der Waals surface area (Å²) in [6, 6.07) is 7.76. The molecule has 1 aromatic carbocycles. The molecule has 1 N–H and O–H groups in total. The van der Waals surface area contributed by atoms with Gasteiger partial charge in [0.15, 0.2) is 0 Å². The van der Waals surface area contributed by atoms with E-state index in [9.17, 15) is 9.18 Å². The zero-order valence-electron chi connectivity index (χ0n) is 9.36. The van der Waals surface area contributed by atoms with Gasteiger partial charge in [0.05, 0.1) is 5.56 Å². The van der Waals surface area contributed by atoms with Gasteiger partial charge in [-0.25, -0.2) is 4.39 Å². The number of nitrogens with zero attached hydrogens (tertiary/aromatic N) is 1. The molecular formula is C13H10FIN2O. The van der Waals surface area contributed by atoms with Crippen LogP contribution < -0.4 is 5.32 Å². The van der Waals surface area contributed by atoms with Gasteiger partial charge in [-0.3, -0.25) is 9.78 Å². The lowest BCUT2D eigenvalue weighted by Crippen LogP contribution is -2.23. The molecule has 1 heterocycles. The average molecular weight is 356 g/mol. The van der Waals surface area contributed by atoms with Crippen LogP contribution in [0.25, 0.3) is 0 Å². The predicted octanol–water partition coefficient (Wildman–Crippen LogP) is 2.76. The molecule has 0 aliphatic heterocycles. The fraction of sp³-hybridized carbons (Fsp3) is 0.0769. The SMILES string of the molecule is O=C(NCc1ccncc1)c1ccc(F)cc1I. The molecule has 92 valence electrons. The summed E-state index contributed by atoms with van der Waals surface area (Å²) in [5, 5.41) is 2.78. The van der Waals surface area contributed by atoms with Crippen molar-refractivity contribution in [3.8, 4) is 0 Å². The van der Waals surface area contributed by atoms with E-state index >= 15 is 0 Å². The summed E-state index contributed by atoms with van der Waals surface area (Å²) < 4.78 is 13.5. The summed E-state index contributed by atoms with van der Waals surface area (Å²) in [6.45, 7) is 0.425. The molecule has 1 aromatic heterocycles. The number of aromatic nitrogens is 1. The number of carbonyl (C=O) groups is 1. The van der Waals surface area contributed by atoms with Crippen molar-refractivity contribution in [2.45, 2.75) is 6.54 Å². The van der Waals surface area contributed by atoms with Gasteiger partial charge in [0.2, 0.25) is 0 Å². The van der Waals surface area contributed by atoms with Crippen LogP contribution in [-0.4, -0.2) is 10.9 Å². The third-order valence-electron chi connectivity index (χ3n) is 2.38. The second-order valence-electron chi connectivity index (χ2n) is 3.66. The molecule has 0 unspecified atom stereocenters. The molecule has 0 radical (unpaired) electrons. The molecule has 2 rings (SSSR count). The minimum atomic E-state index is -0.343. The minimum absolute atomic E-state index is 0.212. The fourth-order valence-electron chi connectivity index (χ4n) is 1.45. The van der Waals surface area contributed by atoms with E-state index in [0.717, 1.165) is 5.56 Å². The molecule has 5 heteroatoms. The van der Waals surface area contributed by atoms with Gasteiger partial charge < -0.3 is 5.32 Å². The number of hydrogen-bond donors (Lipinski definition) is 1. The summed E-state index contributed by atoms with van der Waals surface area (Å²) >= 11 is 1.94. The van der Waals surface area contributed by atoms with Gasteiger partial charge >= 0.3 is 0 Å². The maximum Gasteiger partial charge on any atom is 0.252 e. The summed E-state index contributed by atoms with van der Waals surface area (Å²) in [7, 11) is 0. The molecule has 0 aliphatic carbocycles. The Morgan fingerprint density at radius 1 is 1.28 bits per heavy atom. The van der Waals surface area contributed by atoms with Gasteiger partial charge in [-0.15, -0.1) is 0 Å². The van der Waals surface area contributed by atoms with Crippen molar-refractivity contribution in [3.05, 3.63) is 63.2 Å². The smallest absolute Gasteiger partial charge is 0.252 e. The number of rotatable bonds is 3. The van der Waals surface area contributed by atoms with E-state index in [1.165, 1.54) is 18.2 Å². The molecule has 0 atom stereocenters. The largest absolute Gasteiger partial charge is 0.348 e. The Bertz CT molecular complexity index is 560. The Morgan fingerprint density at radius 2 is 2.00 bits per heavy atom. The Hall–Kier alpha value is -1.50. The zero-order chi connectivity index (χ0) is 13.0. The lowest BCUT2D eigenvalue weighted by molar-refractivity contribution is 0.0950. The Labute approximate surface area is 118 Å². The van der Waals surface area contributed by atoms with E-state index in [1.54, 1.807) is 12.4 Å². The van der Waals surface area contributed by atoms with Crippen LogP contribution in [0, 0.1) is 9.39 Å². The Morgan fingerprint density at radius 3 is 2.67 bits per heavy atom. The molecule has 3 nitrogen and oxygen atoms in total. The second kappa shape index (κ2) is 5.90. The number of amides is 1. The molecule has 18 heavy (non-hydrogen) atoms. The molecule has 0 bridgehead atoms. The summed E-state index contributed by atoms with van der Waals surface area (Å²) in [4.78, 5) is 15.8. The second-order valence-corrected chi connectivity index (χ2v) is 4.82. The van der Waals surface area contributed by atoms with Crippen LogP contribution in [0.2, 0.25) is 0 Å². The molecule has 0 aliphatic rings. The van der Waals surface area contributed by atoms with Crippen LogP contribution in [0.3, 0.4) is 0 Å². The first-order valence-corrected chi connectivity index (χ1v) is 6.37. The zero-order valence-corrected chi connectivity index (χ0v) is 11.5. The number of carbonyl (C=O) groups excluding carboxylic acids is 1. The highest BCUT2D eigenvalue weighted by Crippen LogP contribution is 2.13. The molecule has 0 fully saturated rings. The number of halogens is 2. The first kappa shape index (κ1) is 12.9. The number of hydrogen-bond acceptors (Lipinski definition) is 2. The fourth-order valence-corrected chi connectivity index (χ4v) is 2.17. The molecule has 2 aromatic rings. The van der Waals surface area contributed by atoms with Crippen molar-refractivity contribution in [1.82, 2.24) is 10.3 Å². The summed E-state index contributed by atoms with van der Waals surface area (Å²) in [5.41, 5.74) is 1.45. The third kappa shape index (κ3) is 3.25. The highest BCUT2D eigenvalue weighted by Gasteiger charge is 2.10. The highest BCUT2D eigenvalue weighted by molar-refractivity contribution is 14.1. The van der Waals surface area contributed by atoms with E-state index < -0.39 is 0 Å². The van der Waals surface area contributed by atoms with Crippen LogP contribution >= 0.6 is 22.6 Å². The van der Waals surface area contributed by atoms with Crippen molar-refractivity contribution < 1.29 is 9.18 Å². The predicted molar refractivity (Wildman–Crippen MR) is 74.5 cm³/mol. The Kier molecular flexibility index (Phi) is 4.24.